The molecule has 1 aromatic heterocycles. The second-order valence-electron chi connectivity index (χ2n) is 7.23. The maximum Gasteiger partial charge on any atom is 0.295 e. The summed E-state index contributed by atoms with van der Waals surface area (Å²) in [5.74, 6) is 0.318. The summed E-state index contributed by atoms with van der Waals surface area (Å²) in [6, 6.07) is 21.1. The number of halogens is 1. The molecule has 0 aliphatic heterocycles. The third-order valence-electron chi connectivity index (χ3n) is 4.91. The van der Waals surface area contributed by atoms with Gasteiger partial charge in [-0.15, -0.1) is 5.10 Å². The van der Waals surface area contributed by atoms with Crippen molar-refractivity contribution >= 4 is 23.2 Å². The first-order valence-corrected chi connectivity index (χ1v) is 9.98. The van der Waals surface area contributed by atoms with E-state index in [4.69, 9.17) is 11.6 Å². The lowest BCUT2D eigenvalue weighted by Gasteiger charge is -2.09. The molecule has 3 aromatic carbocycles. The Morgan fingerprint density at radius 2 is 1.53 bits per heavy atom. The van der Waals surface area contributed by atoms with Gasteiger partial charge in [0.1, 0.15) is 0 Å². The number of hydrogen-bond acceptors (Lipinski definition) is 3. The van der Waals surface area contributed by atoms with Gasteiger partial charge < -0.3 is 5.32 Å². The molecule has 150 valence electrons. The molecule has 0 fully saturated rings. The molecular formula is C24H21ClN4O. The maximum atomic E-state index is 13.0. The lowest BCUT2D eigenvalue weighted by molar-refractivity contribution is 0.101. The first-order valence-electron chi connectivity index (χ1n) is 9.60. The Morgan fingerprint density at radius 3 is 2.17 bits per heavy atom. The van der Waals surface area contributed by atoms with E-state index in [2.05, 4.69) is 15.4 Å². The topological polar surface area (TPSA) is 59.8 Å². The molecule has 0 saturated carbocycles. The van der Waals surface area contributed by atoms with Gasteiger partial charge in [0.2, 0.25) is 5.82 Å². The number of para-hydroxylation sites is 1. The van der Waals surface area contributed by atoms with Crippen LogP contribution in [-0.2, 0) is 0 Å². The third-order valence-corrected chi connectivity index (χ3v) is 5.16. The molecule has 0 radical (unpaired) electrons. The molecular weight excluding hydrogens is 396 g/mol. The summed E-state index contributed by atoms with van der Waals surface area (Å²) in [7, 11) is 0. The molecule has 0 spiro atoms. The minimum Gasteiger partial charge on any atom is -0.319 e. The predicted molar refractivity (Wildman–Crippen MR) is 120 cm³/mol. The summed E-state index contributed by atoms with van der Waals surface area (Å²) in [5, 5.41) is 8.12. The van der Waals surface area contributed by atoms with Crippen molar-refractivity contribution in [1.29, 1.82) is 0 Å². The fourth-order valence-corrected chi connectivity index (χ4v) is 3.37. The van der Waals surface area contributed by atoms with Crippen molar-refractivity contribution in [1.82, 2.24) is 14.8 Å². The molecule has 5 nitrogen and oxygen atoms in total. The fraction of sp³-hybridized carbons (Fsp3) is 0.125. The zero-order chi connectivity index (χ0) is 21.3. The van der Waals surface area contributed by atoms with Gasteiger partial charge in [-0.1, -0.05) is 47.5 Å². The predicted octanol–water partition coefficient (Wildman–Crippen LogP) is 5.77. The van der Waals surface area contributed by atoms with Crippen LogP contribution in [0.5, 0.6) is 0 Å². The maximum absolute atomic E-state index is 13.0. The quantitative estimate of drug-likeness (QED) is 0.459. The highest BCUT2D eigenvalue weighted by Crippen LogP contribution is 2.24. The zero-order valence-corrected chi connectivity index (χ0v) is 17.7. The Kier molecular flexibility index (Phi) is 5.38. The number of anilines is 1. The van der Waals surface area contributed by atoms with Crippen LogP contribution in [0, 0.1) is 20.8 Å². The van der Waals surface area contributed by atoms with Crippen LogP contribution in [0.25, 0.3) is 17.1 Å². The normalized spacial score (nSPS) is 10.8. The smallest absolute Gasteiger partial charge is 0.295 e. The van der Waals surface area contributed by atoms with Crippen molar-refractivity contribution in [2.75, 3.05) is 5.32 Å². The number of amides is 1. The Hall–Kier alpha value is -3.44. The highest BCUT2D eigenvalue weighted by Gasteiger charge is 2.20. The molecule has 0 bridgehead atoms. The molecule has 30 heavy (non-hydrogen) atoms. The molecule has 0 aliphatic carbocycles. The van der Waals surface area contributed by atoms with Gasteiger partial charge in [0.05, 0.1) is 5.69 Å². The highest BCUT2D eigenvalue weighted by molar-refractivity contribution is 6.30. The van der Waals surface area contributed by atoms with Gasteiger partial charge in [0.25, 0.3) is 5.91 Å². The van der Waals surface area contributed by atoms with Gasteiger partial charge >= 0.3 is 0 Å². The van der Waals surface area contributed by atoms with E-state index in [-0.39, 0.29) is 11.7 Å². The highest BCUT2D eigenvalue weighted by atomic mass is 35.5. The van der Waals surface area contributed by atoms with Crippen LogP contribution in [0.4, 0.5) is 5.69 Å². The second kappa shape index (κ2) is 8.13. The van der Waals surface area contributed by atoms with E-state index in [0.29, 0.717) is 10.8 Å². The number of aromatic nitrogens is 3. The van der Waals surface area contributed by atoms with Crippen LogP contribution in [-0.4, -0.2) is 20.7 Å². The average molecular weight is 417 g/mol. The Bertz CT molecular complexity index is 1130. The molecule has 1 heterocycles. The van der Waals surface area contributed by atoms with Gasteiger partial charge in [0, 0.05) is 16.3 Å². The first-order chi connectivity index (χ1) is 14.4. The third kappa shape index (κ3) is 3.98. The molecule has 4 aromatic rings. The summed E-state index contributed by atoms with van der Waals surface area (Å²) in [5.41, 5.74) is 5.53. The summed E-state index contributed by atoms with van der Waals surface area (Å²) in [4.78, 5) is 17.5. The van der Waals surface area contributed by atoms with Crippen molar-refractivity contribution in [2.24, 2.45) is 0 Å². The van der Waals surface area contributed by atoms with Crippen LogP contribution in [0.15, 0.2) is 66.7 Å². The molecule has 0 atom stereocenters. The first kappa shape index (κ1) is 19.9. The second-order valence-corrected chi connectivity index (χ2v) is 7.67. The zero-order valence-electron chi connectivity index (χ0n) is 17.0. The van der Waals surface area contributed by atoms with Crippen LogP contribution in [0.2, 0.25) is 5.02 Å². The van der Waals surface area contributed by atoms with Gasteiger partial charge in [-0.25, -0.2) is 9.67 Å². The van der Waals surface area contributed by atoms with Crippen LogP contribution >= 0.6 is 11.6 Å². The summed E-state index contributed by atoms with van der Waals surface area (Å²) >= 11 is 6.04. The molecule has 0 aliphatic rings. The van der Waals surface area contributed by atoms with Crippen molar-refractivity contribution in [3.05, 3.63) is 94.3 Å². The number of carbonyl (C=O) groups excluding carboxylic acids is 1. The Labute approximate surface area is 180 Å². The van der Waals surface area contributed by atoms with Crippen LogP contribution in [0.3, 0.4) is 0 Å². The largest absolute Gasteiger partial charge is 0.319 e. The molecule has 1 amide bonds. The monoisotopic (exact) mass is 416 g/mol. The van der Waals surface area contributed by atoms with E-state index >= 15 is 0 Å². The van der Waals surface area contributed by atoms with Crippen molar-refractivity contribution in [3.8, 4) is 17.1 Å². The van der Waals surface area contributed by atoms with Crippen molar-refractivity contribution < 1.29 is 4.79 Å². The van der Waals surface area contributed by atoms with Gasteiger partial charge in [-0.3, -0.25) is 4.79 Å². The number of benzene rings is 3. The van der Waals surface area contributed by atoms with E-state index in [9.17, 15) is 4.79 Å². The minimum absolute atomic E-state index is 0.100. The van der Waals surface area contributed by atoms with E-state index in [1.807, 2.05) is 75.4 Å². The number of aryl methyl sites for hydroxylation is 3. The number of nitrogens with one attached hydrogen (secondary N) is 1. The molecule has 0 unspecified atom stereocenters. The lowest BCUT2D eigenvalue weighted by Crippen LogP contribution is -2.16. The number of carbonyl (C=O) groups is 1. The number of nitrogens with zero attached hydrogens (tertiary/aromatic N) is 3. The van der Waals surface area contributed by atoms with Crippen molar-refractivity contribution in [2.45, 2.75) is 20.8 Å². The van der Waals surface area contributed by atoms with E-state index < -0.39 is 0 Å². The molecule has 4 rings (SSSR count). The van der Waals surface area contributed by atoms with E-state index in [1.165, 1.54) is 0 Å². The summed E-state index contributed by atoms with van der Waals surface area (Å²) in [6.45, 7) is 5.94. The van der Waals surface area contributed by atoms with Gasteiger partial charge in [0.15, 0.2) is 5.82 Å². The van der Waals surface area contributed by atoms with Crippen molar-refractivity contribution in [3.63, 3.8) is 0 Å². The van der Waals surface area contributed by atoms with E-state index in [0.717, 1.165) is 33.6 Å². The molecule has 0 saturated heterocycles. The standard InChI is InChI=1S/C24H21ClN4O/c1-15-7-13-20(14-8-15)29-23(18-9-11-19(25)12-10-18)27-22(28-29)24(30)26-21-16(2)5-4-6-17(21)3/h4-14H,1-3H3,(H,26,30). The van der Waals surface area contributed by atoms with Crippen LogP contribution in [0.1, 0.15) is 27.3 Å². The Balaban J connectivity index is 1.77. The van der Waals surface area contributed by atoms with Gasteiger partial charge in [-0.05, 0) is 68.3 Å². The fourth-order valence-electron chi connectivity index (χ4n) is 3.24. The lowest BCUT2D eigenvalue weighted by atomic mass is 10.1. The minimum atomic E-state index is -0.353. The van der Waals surface area contributed by atoms with E-state index in [1.54, 1.807) is 16.8 Å². The number of hydrogen-bond donors (Lipinski definition) is 1. The number of rotatable bonds is 4. The van der Waals surface area contributed by atoms with Crippen LogP contribution < -0.4 is 5.32 Å². The summed E-state index contributed by atoms with van der Waals surface area (Å²) in [6.07, 6.45) is 0. The molecule has 6 heteroatoms. The summed E-state index contributed by atoms with van der Waals surface area (Å²) < 4.78 is 1.68. The molecule has 1 N–H and O–H groups in total. The average Bonchev–Trinajstić information content (AvgIpc) is 3.17. The Morgan fingerprint density at radius 1 is 0.900 bits per heavy atom. The van der Waals surface area contributed by atoms with Gasteiger partial charge in [-0.2, -0.15) is 0 Å². The SMILES string of the molecule is Cc1ccc(-n2nc(C(=O)Nc3c(C)cccc3C)nc2-c2ccc(Cl)cc2)cc1.